The minimum absolute atomic E-state index is 0.200. The number of rotatable bonds is 4. The van der Waals surface area contributed by atoms with Crippen LogP contribution < -0.4 is 4.74 Å². The van der Waals surface area contributed by atoms with Gasteiger partial charge < -0.3 is 9.84 Å². The van der Waals surface area contributed by atoms with Gasteiger partial charge in [0, 0.05) is 25.7 Å². The predicted octanol–water partition coefficient (Wildman–Crippen LogP) is 1.27. The molecule has 1 aliphatic heterocycles. The van der Waals surface area contributed by atoms with Gasteiger partial charge in [0.05, 0.1) is 6.10 Å². The van der Waals surface area contributed by atoms with Crippen LogP contribution >= 0.6 is 0 Å². The highest BCUT2D eigenvalue weighted by Gasteiger charge is 2.19. The maximum atomic E-state index is 12.8. The summed E-state index contributed by atoms with van der Waals surface area (Å²) in [4.78, 5) is 2.14. The minimum Gasteiger partial charge on any atom is -0.492 e. The summed E-state index contributed by atoms with van der Waals surface area (Å²) < 4.78 is 18.2. The number of benzene rings is 1. The molecule has 3 nitrogen and oxygen atoms in total. The quantitative estimate of drug-likeness (QED) is 0.837. The second kappa shape index (κ2) is 5.27. The molecule has 1 atom stereocenters. The summed E-state index contributed by atoms with van der Waals surface area (Å²) in [5, 5.41) is 9.32. The van der Waals surface area contributed by atoms with Gasteiger partial charge in [0.2, 0.25) is 0 Å². The van der Waals surface area contributed by atoms with Crippen LogP contribution in [0.2, 0.25) is 0 Å². The molecule has 1 N–H and O–H groups in total. The van der Waals surface area contributed by atoms with E-state index in [2.05, 4.69) is 4.90 Å². The molecule has 4 heteroatoms. The van der Waals surface area contributed by atoms with Gasteiger partial charge in [0.15, 0.2) is 0 Å². The van der Waals surface area contributed by atoms with Crippen LogP contribution in [0.25, 0.3) is 0 Å². The number of halogens is 1. The van der Waals surface area contributed by atoms with Gasteiger partial charge in [-0.15, -0.1) is 0 Å². The van der Waals surface area contributed by atoms with Gasteiger partial charge in [-0.1, -0.05) is 6.07 Å². The first-order chi connectivity index (χ1) is 7.74. The molecule has 0 saturated carbocycles. The zero-order valence-corrected chi connectivity index (χ0v) is 9.10. The van der Waals surface area contributed by atoms with Crippen molar-refractivity contribution in [3.05, 3.63) is 30.1 Å². The first-order valence-electron chi connectivity index (χ1n) is 5.53. The monoisotopic (exact) mass is 225 g/mol. The fraction of sp³-hybridized carbons (Fsp3) is 0.500. The number of aliphatic hydroxyl groups is 1. The van der Waals surface area contributed by atoms with Crippen LogP contribution in [0.5, 0.6) is 5.75 Å². The van der Waals surface area contributed by atoms with Gasteiger partial charge in [0.1, 0.15) is 18.2 Å². The van der Waals surface area contributed by atoms with Crippen molar-refractivity contribution in [1.29, 1.82) is 0 Å². The van der Waals surface area contributed by atoms with Gasteiger partial charge in [-0.05, 0) is 18.6 Å². The van der Waals surface area contributed by atoms with E-state index in [0.29, 0.717) is 18.9 Å². The largest absolute Gasteiger partial charge is 0.492 e. The molecule has 1 aromatic carbocycles. The Hall–Kier alpha value is -1.13. The summed E-state index contributed by atoms with van der Waals surface area (Å²) in [5.41, 5.74) is 0. The number of nitrogens with zero attached hydrogens (tertiary/aromatic N) is 1. The Morgan fingerprint density at radius 1 is 1.50 bits per heavy atom. The summed E-state index contributed by atoms with van der Waals surface area (Å²) >= 11 is 0. The van der Waals surface area contributed by atoms with E-state index in [9.17, 15) is 9.50 Å². The number of hydrogen-bond acceptors (Lipinski definition) is 3. The zero-order chi connectivity index (χ0) is 11.4. The van der Waals surface area contributed by atoms with Crippen LogP contribution in [-0.4, -0.2) is 42.4 Å². The van der Waals surface area contributed by atoms with Crippen LogP contribution in [-0.2, 0) is 0 Å². The average molecular weight is 225 g/mol. The molecule has 2 rings (SSSR count). The summed E-state index contributed by atoms with van der Waals surface area (Å²) in [6, 6.07) is 6.13. The number of hydrogen-bond donors (Lipinski definition) is 1. The molecule has 0 radical (unpaired) electrons. The molecule has 88 valence electrons. The predicted molar refractivity (Wildman–Crippen MR) is 59.0 cm³/mol. The number of likely N-dealkylation sites (tertiary alicyclic amines) is 1. The van der Waals surface area contributed by atoms with Crippen molar-refractivity contribution in [1.82, 2.24) is 4.90 Å². The third kappa shape index (κ3) is 3.18. The smallest absolute Gasteiger partial charge is 0.126 e. The maximum absolute atomic E-state index is 12.8. The second-order valence-corrected chi connectivity index (χ2v) is 4.05. The van der Waals surface area contributed by atoms with Crippen molar-refractivity contribution in [3.8, 4) is 5.75 Å². The summed E-state index contributed by atoms with van der Waals surface area (Å²) in [7, 11) is 0. The Labute approximate surface area is 94.4 Å². The first kappa shape index (κ1) is 11.4. The lowest BCUT2D eigenvalue weighted by molar-refractivity contribution is 0.167. The normalized spacial score (nSPS) is 21.2. The van der Waals surface area contributed by atoms with Crippen LogP contribution in [0.4, 0.5) is 4.39 Å². The fourth-order valence-electron chi connectivity index (χ4n) is 1.86. The van der Waals surface area contributed by atoms with Crippen molar-refractivity contribution in [2.75, 3.05) is 26.2 Å². The zero-order valence-electron chi connectivity index (χ0n) is 9.10. The lowest BCUT2D eigenvalue weighted by Gasteiger charge is -2.15. The van der Waals surface area contributed by atoms with Gasteiger partial charge in [-0.2, -0.15) is 0 Å². The Morgan fingerprint density at radius 2 is 2.38 bits per heavy atom. The molecule has 1 saturated heterocycles. The molecule has 0 spiro atoms. The van der Waals surface area contributed by atoms with Crippen LogP contribution in [0.3, 0.4) is 0 Å². The molecular formula is C12H16FNO2. The third-order valence-electron chi connectivity index (χ3n) is 2.72. The third-order valence-corrected chi connectivity index (χ3v) is 2.72. The highest BCUT2D eigenvalue weighted by molar-refractivity contribution is 5.22. The van der Waals surface area contributed by atoms with Gasteiger partial charge in [-0.3, -0.25) is 4.90 Å². The van der Waals surface area contributed by atoms with E-state index in [-0.39, 0.29) is 11.9 Å². The average Bonchev–Trinajstić information content (AvgIpc) is 2.64. The molecule has 0 aliphatic carbocycles. The van der Waals surface area contributed by atoms with E-state index in [1.807, 2.05) is 0 Å². The van der Waals surface area contributed by atoms with Gasteiger partial charge >= 0.3 is 0 Å². The topological polar surface area (TPSA) is 32.7 Å². The fourth-order valence-corrected chi connectivity index (χ4v) is 1.86. The van der Waals surface area contributed by atoms with E-state index in [0.717, 1.165) is 19.5 Å². The standard InChI is InChI=1S/C12H16FNO2/c13-10-2-1-3-12(8-10)16-7-6-14-5-4-11(15)9-14/h1-3,8,11,15H,4-7,9H2/t11-/m1/s1. The maximum Gasteiger partial charge on any atom is 0.126 e. The lowest BCUT2D eigenvalue weighted by Crippen LogP contribution is -2.27. The molecule has 0 bridgehead atoms. The minimum atomic E-state index is -0.283. The lowest BCUT2D eigenvalue weighted by atomic mass is 10.3. The molecule has 1 heterocycles. The van der Waals surface area contributed by atoms with Crippen molar-refractivity contribution in [2.45, 2.75) is 12.5 Å². The van der Waals surface area contributed by atoms with Crippen LogP contribution in [0, 0.1) is 5.82 Å². The molecule has 0 unspecified atom stereocenters. The van der Waals surface area contributed by atoms with E-state index in [4.69, 9.17) is 4.74 Å². The van der Waals surface area contributed by atoms with E-state index >= 15 is 0 Å². The summed E-state index contributed by atoms with van der Waals surface area (Å²) in [6.07, 6.45) is 0.633. The van der Waals surface area contributed by atoms with Crippen molar-refractivity contribution in [3.63, 3.8) is 0 Å². The highest BCUT2D eigenvalue weighted by atomic mass is 19.1. The molecule has 1 aromatic rings. The molecule has 16 heavy (non-hydrogen) atoms. The highest BCUT2D eigenvalue weighted by Crippen LogP contribution is 2.12. The van der Waals surface area contributed by atoms with Gasteiger partial charge in [-0.25, -0.2) is 4.39 Å². The molecule has 1 fully saturated rings. The second-order valence-electron chi connectivity index (χ2n) is 4.05. The molecule has 1 aliphatic rings. The summed E-state index contributed by atoms with van der Waals surface area (Å²) in [5.74, 6) is 0.272. The van der Waals surface area contributed by atoms with Crippen molar-refractivity contribution < 1.29 is 14.2 Å². The van der Waals surface area contributed by atoms with E-state index in [1.54, 1.807) is 12.1 Å². The van der Waals surface area contributed by atoms with Crippen LogP contribution in [0.15, 0.2) is 24.3 Å². The van der Waals surface area contributed by atoms with Crippen molar-refractivity contribution >= 4 is 0 Å². The van der Waals surface area contributed by atoms with E-state index < -0.39 is 0 Å². The molecule has 0 amide bonds. The Bertz CT molecular complexity index is 346. The number of β-amino-alcohol motifs (C(OH)–C–C–N with tert-alkyl or cyclic N) is 1. The first-order valence-corrected chi connectivity index (χ1v) is 5.53. The van der Waals surface area contributed by atoms with Gasteiger partial charge in [0.25, 0.3) is 0 Å². The molecular weight excluding hydrogens is 209 g/mol. The molecule has 0 aromatic heterocycles. The summed E-state index contributed by atoms with van der Waals surface area (Å²) in [6.45, 7) is 2.92. The Kier molecular flexibility index (Phi) is 3.74. The number of aliphatic hydroxyl groups excluding tert-OH is 1. The SMILES string of the molecule is O[C@@H]1CCN(CCOc2cccc(F)c2)C1. The Balaban J connectivity index is 1.72. The van der Waals surface area contributed by atoms with E-state index in [1.165, 1.54) is 12.1 Å². The van der Waals surface area contributed by atoms with Crippen molar-refractivity contribution in [2.24, 2.45) is 0 Å². The van der Waals surface area contributed by atoms with Crippen LogP contribution in [0.1, 0.15) is 6.42 Å². The Morgan fingerprint density at radius 3 is 3.06 bits per heavy atom. The number of ether oxygens (including phenoxy) is 1.